The molecule has 0 aliphatic heterocycles. The lowest BCUT2D eigenvalue weighted by atomic mass is 10.1. The maximum Gasteiger partial charge on any atom is 0.265 e. The molecule has 3 aromatic rings. The van der Waals surface area contributed by atoms with E-state index in [4.69, 9.17) is 22.1 Å². The first-order chi connectivity index (χ1) is 13.4. The number of aromatic nitrogens is 4. The van der Waals surface area contributed by atoms with E-state index in [1.54, 1.807) is 18.5 Å². The molecule has 4 N–H and O–H groups in total. The van der Waals surface area contributed by atoms with Crippen molar-refractivity contribution in [3.8, 4) is 5.88 Å². The Kier molecular flexibility index (Phi) is 6.32. The molecule has 3 heterocycles. The predicted molar refractivity (Wildman–Crippen MR) is 107 cm³/mol. The van der Waals surface area contributed by atoms with Crippen LogP contribution >= 0.6 is 23.4 Å². The third-order valence-corrected chi connectivity index (χ3v) is 4.85. The summed E-state index contributed by atoms with van der Waals surface area (Å²) < 4.78 is 19.9. The van der Waals surface area contributed by atoms with Gasteiger partial charge < -0.3 is 20.8 Å². The molecule has 0 aliphatic rings. The summed E-state index contributed by atoms with van der Waals surface area (Å²) in [5, 5.41) is 3.02. The minimum Gasteiger partial charge on any atom is -0.476 e. The van der Waals surface area contributed by atoms with Crippen molar-refractivity contribution in [3.63, 3.8) is 0 Å². The molecule has 11 heteroatoms. The van der Waals surface area contributed by atoms with E-state index >= 15 is 0 Å². The number of fused-ring (bicyclic) bond motifs is 1. The van der Waals surface area contributed by atoms with Gasteiger partial charge in [0.1, 0.15) is 23.3 Å². The predicted octanol–water partition coefficient (Wildman–Crippen LogP) is 2.54. The fourth-order valence-corrected chi connectivity index (χ4v) is 3.18. The molecule has 0 radical (unpaired) electrons. The smallest absolute Gasteiger partial charge is 0.265 e. The van der Waals surface area contributed by atoms with Gasteiger partial charge in [0.25, 0.3) is 5.56 Å². The SMILES string of the molecule is CSc1nc2c(F)c(Cl)nc(OCCNC(C)c3cccnc3N)c2c(=O)[nH]1. The fourth-order valence-electron chi connectivity index (χ4n) is 2.63. The first kappa shape index (κ1) is 20.3. The number of aromatic amines is 1. The van der Waals surface area contributed by atoms with Crippen molar-refractivity contribution in [2.75, 3.05) is 25.1 Å². The van der Waals surface area contributed by atoms with Crippen molar-refractivity contribution in [3.05, 3.63) is 45.2 Å². The second-order valence-corrected chi connectivity index (χ2v) is 6.98. The van der Waals surface area contributed by atoms with Crippen LogP contribution in [0, 0.1) is 5.82 Å². The van der Waals surface area contributed by atoms with Crippen LogP contribution in [0.4, 0.5) is 10.2 Å². The van der Waals surface area contributed by atoms with Crippen LogP contribution < -0.4 is 21.3 Å². The minimum absolute atomic E-state index is 0.0620. The Balaban J connectivity index is 1.75. The van der Waals surface area contributed by atoms with Crippen molar-refractivity contribution in [2.24, 2.45) is 0 Å². The van der Waals surface area contributed by atoms with Gasteiger partial charge in [-0.2, -0.15) is 4.98 Å². The summed E-state index contributed by atoms with van der Waals surface area (Å²) in [5.41, 5.74) is 6.00. The molecule has 1 unspecified atom stereocenters. The molecule has 8 nitrogen and oxygen atoms in total. The van der Waals surface area contributed by atoms with Gasteiger partial charge in [-0.05, 0) is 19.2 Å². The summed E-state index contributed by atoms with van der Waals surface area (Å²) in [5.74, 6) is -0.481. The number of pyridine rings is 2. The van der Waals surface area contributed by atoms with E-state index in [1.165, 1.54) is 11.8 Å². The quantitative estimate of drug-likeness (QED) is 0.229. The molecule has 3 aromatic heterocycles. The largest absolute Gasteiger partial charge is 0.476 e. The number of hydrogen-bond donors (Lipinski definition) is 3. The van der Waals surface area contributed by atoms with Crippen LogP contribution in [0.5, 0.6) is 5.88 Å². The van der Waals surface area contributed by atoms with Gasteiger partial charge in [-0.3, -0.25) is 4.79 Å². The molecule has 0 saturated carbocycles. The van der Waals surface area contributed by atoms with Crippen molar-refractivity contribution >= 4 is 40.1 Å². The lowest BCUT2D eigenvalue weighted by Gasteiger charge is -2.16. The van der Waals surface area contributed by atoms with Gasteiger partial charge in [0.15, 0.2) is 16.1 Å². The average molecular weight is 425 g/mol. The maximum absolute atomic E-state index is 14.3. The lowest BCUT2D eigenvalue weighted by molar-refractivity contribution is 0.299. The molecular weight excluding hydrogens is 407 g/mol. The summed E-state index contributed by atoms with van der Waals surface area (Å²) in [4.78, 5) is 26.9. The molecule has 0 aromatic carbocycles. The second kappa shape index (κ2) is 8.72. The Bertz CT molecular complexity index is 1060. The highest BCUT2D eigenvalue weighted by Crippen LogP contribution is 2.27. The molecule has 148 valence electrons. The number of nitrogen functional groups attached to an aromatic ring is 1. The van der Waals surface area contributed by atoms with E-state index in [2.05, 4.69) is 25.3 Å². The van der Waals surface area contributed by atoms with Gasteiger partial charge in [0.2, 0.25) is 5.88 Å². The topological polar surface area (TPSA) is 119 Å². The molecule has 0 amide bonds. The van der Waals surface area contributed by atoms with Crippen LogP contribution in [0.25, 0.3) is 10.9 Å². The number of nitrogens with one attached hydrogen (secondary N) is 2. The standard InChI is InChI=1S/C17H18ClFN6O2S/c1-8(9-4-3-5-22-14(9)20)21-6-7-27-16-10-12(11(19)13(18)24-16)23-17(28-2)25-15(10)26/h3-5,8,21H,6-7H2,1-2H3,(H2,20,22)(H,23,25,26). The highest BCUT2D eigenvalue weighted by molar-refractivity contribution is 7.98. The first-order valence-corrected chi connectivity index (χ1v) is 9.92. The monoisotopic (exact) mass is 424 g/mol. The fraction of sp³-hybridized carbons (Fsp3) is 0.294. The molecule has 3 rings (SSSR count). The van der Waals surface area contributed by atoms with E-state index in [9.17, 15) is 9.18 Å². The van der Waals surface area contributed by atoms with Gasteiger partial charge in [0, 0.05) is 24.3 Å². The minimum atomic E-state index is -0.857. The van der Waals surface area contributed by atoms with Crippen LogP contribution in [-0.4, -0.2) is 39.3 Å². The average Bonchev–Trinajstić information content (AvgIpc) is 2.68. The van der Waals surface area contributed by atoms with Gasteiger partial charge in [-0.1, -0.05) is 29.4 Å². The van der Waals surface area contributed by atoms with E-state index in [1.807, 2.05) is 13.0 Å². The van der Waals surface area contributed by atoms with Gasteiger partial charge >= 0.3 is 0 Å². The summed E-state index contributed by atoms with van der Waals surface area (Å²) in [6, 6.07) is 3.62. The zero-order chi connectivity index (χ0) is 20.3. The zero-order valence-electron chi connectivity index (χ0n) is 15.1. The maximum atomic E-state index is 14.3. The second-order valence-electron chi connectivity index (χ2n) is 5.82. The van der Waals surface area contributed by atoms with Crippen LogP contribution in [0.2, 0.25) is 5.15 Å². The number of halogens is 2. The summed E-state index contributed by atoms with van der Waals surface area (Å²) in [6.07, 6.45) is 3.34. The van der Waals surface area contributed by atoms with Crippen molar-refractivity contribution in [2.45, 2.75) is 18.1 Å². The Hall–Kier alpha value is -2.43. The number of anilines is 1. The summed E-state index contributed by atoms with van der Waals surface area (Å²) in [7, 11) is 0. The highest BCUT2D eigenvalue weighted by Gasteiger charge is 2.19. The third kappa shape index (κ3) is 4.18. The Morgan fingerprint density at radius 3 is 2.96 bits per heavy atom. The molecule has 0 bridgehead atoms. The molecule has 0 fully saturated rings. The van der Waals surface area contributed by atoms with E-state index < -0.39 is 16.5 Å². The molecule has 0 saturated heterocycles. The first-order valence-electron chi connectivity index (χ1n) is 8.32. The summed E-state index contributed by atoms with van der Waals surface area (Å²) in [6.45, 7) is 2.52. The molecule has 0 aliphatic carbocycles. The number of nitrogens with two attached hydrogens (primary N) is 1. The van der Waals surface area contributed by atoms with Crippen LogP contribution in [0.3, 0.4) is 0 Å². The Morgan fingerprint density at radius 1 is 1.46 bits per heavy atom. The third-order valence-electron chi connectivity index (χ3n) is 4.02. The van der Waals surface area contributed by atoms with Gasteiger partial charge in [-0.15, -0.1) is 0 Å². The van der Waals surface area contributed by atoms with Crippen LogP contribution in [-0.2, 0) is 0 Å². The van der Waals surface area contributed by atoms with E-state index in [-0.39, 0.29) is 34.6 Å². The molecule has 0 spiro atoms. The highest BCUT2D eigenvalue weighted by atomic mass is 35.5. The molecule has 1 atom stereocenters. The van der Waals surface area contributed by atoms with E-state index in [0.29, 0.717) is 12.4 Å². The number of ether oxygens (including phenoxy) is 1. The molecular formula is C17H18ClFN6O2S. The number of thioether (sulfide) groups is 1. The number of hydrogen-bond acceptors (Lipinski definition) is 8. The Labute approximate surface area is 169 Å². The van der Waals surface area contributed by atoms with Gasteiger partial charge in [-0.25, -0.2) is 14.4 Å². The summed E-state index contributed by atoms with van der Waals surface area (Å²) >= 11 is 7.02. The number of rotatable bonds is 7. The Morgan fingerprint density at radius 2 is 2.25 bits per heavy atom. The van der Waals surface area contributed by atoms with Crippen LogP contribution in [0.15, 0.2) is 28.3 Å². The number of nitrogens with zero attached hydrogens (tertiary/aromatic N) is 3. The van der Waals surface area contributed by atoms with Crippen LogP contribution in [0.1, 0.15) is 18.5 Å². The molecule has 28 heavy (non-hydrogen) atoms. The zero-order valence-corrected chi connectivity index (χ0v) is 16.7. The van der Waals surface area contributed by atoms with Gasteiger partial charge in [0.05, 0.1) is 0 Å². The van der Waals surface area contributed by atoms with Crippen molar-refractivity contribution in [1.82, 2.24) is 25.3 Å². The lowest BCUT2D eigenvalue weighted by Crippen LogP contribution is -2.25. The number of H-pyrrole nitrogens is 1. The normalized spacial score (nSPS) is 12.3. The van der Waals surface area contributed by atoms with E-state index in [0.717, 1.165) is 5.56 Å². The van der Waals surface area contributed by atoms with Crippen molar-refractivity contribution < 1.29 is 9.13 Å². The van der Waals surface area contributed by atoms with Crippen molar-refractivity contribution in [1.29, 1.82) is 0 Å².